The van der Waals surface area contributed by atoms with Crippen molar-refractivity contribution >= 4 is 11.6 Å². The fourth-order valence-corrected chi connectivity index (χ4v) is 4.33. The molecule has 1 saturated heterocycles. The van der Waals surface area contributed by atoms with Gasteiger partial charge in [-0.2, -0.15) is 27.1 Å². The van der Waals surface area contributed by atoms with E-state index in [0.717, 1.165) is 17.8 Å². The monoisotopic (exact) mass is 522 g/mol. The summed E-state index contributed by atoms with van der Waals surface area (Å²) in [5.41, 5.74) is 0.685. The van der Waals surface area contributed by atoms with Crippen LogP contribution in [-0.4, -0.2) is 28.3 Å². The zero-order chi connectivity index (χ0) is 27.0. The Kier molecular flexibility index (Phi) is 7.27. The average molecular weight is 523 g/mol. The van der Waals surface area contributed by atoms with Gasteiger partial charge in [0, 0.05) is 23.8 Å². The predicted octanol–water partition coefficient (Wildman–Crippen LogP) is 6.08. The van der Waals surface area contributed by atoms with Gasteiger partial charge < -0.3 is 10.1 Å². The van der Waals surface area contributed by atoms with Gasteiger partial charge in [-0.05, 0) is 75.2 Å². The Bertz CT molecular complexity index is 1220. The van der Waals surface area contributed by atoms with Crippen molar-refractivity contribution < 1.29 is 31.5 Å². The number of carbonyl (C=O) groups excluding carboxylic acids is 1. The fraction of sp³-hybridized carbons (Fsp3) is 0.385. The molecule has 2 N–H and O–H groups in total. The maximum atomic E-state index is 13.1. The number of nitrogens with one attached hydrogen (secondary N) is 2. The Morgan fingerprint density at radius 1 is 1.05 bits per heavy atom. The van der Waals surface area contributed by atoms with Crippen LogP contribution in [0.3, 0.4) is 0 Å². The highest BCUT2D eigenvalue weighted by Crippen LogP contribution is 2.41. The van der Waals surface area contributed by atoms with E-state index in [4.69, 9.17) is 5.10 Å². The minimum Gasteiger partial charge on any atom is -0.435 e. The number of ether oxygens (including phenoxy) is 1. The van der Waals surface area contributed by atoms with Crippen molar-refractivity contribution in [2.24, 2.45) is 0 Å². The average Bonchev–Trinajstić information content (AvgIpc) is 3.47. The second-order valence-electron chi connectivity index (χ2n) is 9.91. The molecular formula is C26H27F5N4O2. The first-order valence-electron chi connectivity index (χ1n) is 11.7. The molecular weight excluding hydrogens is 495 g/mol. The lowest BCUT2D eigenvalue weighted by Gasteiger charge is -2.21. The van der Waals surface area contributed by atoms with Crippen LogP contribution < -0.4 is 15.4 Å². The van der Waals surface area contributed by atoms with E-state index in [1.807, 2.05) is 37.7 Å². The lowest BCUT2D eigenvalue weighted by molar-refractivity contribution is -0.137. The first-order valence-corrected chi connectivity index (χ1v) is 11.7. The number of anilines is 1. The number of rotatable bonds is 6. The molecule has 2 aromatic carbocycles. The van der Waals surface area contributed by atoms with Gasteiger partial charge in [0.05, 0.1) is 22.8 Å². The smallest absolute Gasteiger partial charge is 0.416 e. The number of aromatic nitrogens is 2. The summed E-state index contributed by atoms with van der Waals surface area (Å²) in [5.74, 6) is -0.682. The number of halogens is 5. The normalized spacial score (nSPS) is 20.3. The van der Waals surface area contributed by atoms with Crippen molar-refractivity contribution in [3.63, 3.8) is 0 Å². The molecule has 4 rings (SSSR count). The molecule has 1 amide bonds. The Morgan fingerprint density at radius 3 is 2.24 bits per heavy atom. The van der Waals surface area contributed by atoms with E-state index in [1.165, 1.54) is 36.4 Å². The van der Waals surface area contributed by atoms with Gasteiger partial charge in [0.25, 0.3) is 0 Å². The number of benzene rings is 2. The molecule has 0 aliphatic carbocycles. The largest absolute Gasteiger partial charge is 0.435 e. The number of amides is 1. The molecule has 1 aliphatic rings. The summed E-state index contributed by atoms with van der Waals surface area (Å²) in [6.07, 6.45) is -2.26. The van der Waals surface area contributed by atoms with Gasteiger partial charge in [-0.25, -0.2) is 0 Å². The number of hydrogen-bond acceptors (Lipinski definition) is 4. The summed E-state index contributed by atoms with van der Waals surface area (Å²) in [6, 6.07) is 11.1. The van der Waals surface area contributed by atoms with E-state index in [2.05, 4.69) is 15.4 Å². The van der Waals surface area contributed by atoms with E-state index in [9.17, 15) is 26.7 Å². The number of carbonyl (C=O) groups is 1. The number of nitrogens with zero attached hydrogens (tertiary/aromatic N) is 2. The molecule has 2 heterocycles. The number of alkyl halides is 5. The minimum atomic E-state index is -4.45. The van der Waals surface area contributed by atoms with Gasteiger partial charge in [0.2, 0.25) is 5.91 Å². The molecule has 6 nitrogen and oxygen atoms in total. The first-order chi connectivity index (χ1) is 17.3. The van der Waals surface area contributed by atoms with Crippen molar-refractivity contribution in [3.05, 3.63) is 77.6 Å². The minimum absolute atomic E-state index is 0.0381. The molecule has 3 atom stereocenters. The lowest BCUT2D eigenvalue weighted by atomic mass is 9.90. The Morgan fingerprint density at radius 2 is 1.70 bits per heavy atom. The number of hydrogen-bond donors (Lipinski definition) is 2. The summed E-state index contributed by atoms with van der Waals surface area (Å²) in [6.45, 7) is 3.04. The lowest BCUT2D eigenvalue weighted by Crippen LogP contribution is -2.36. The van der Waals surface area contributed by atoms with Crippen LogP contribution in [0, 0.1) is 0 Å². The van der Waals surface area contributed by atoms with Crippen molar-refractivity contribution in [1.29, 1.82) is 0 Å². The van der Waals surface area contributed by atoms with Crippen LogP contribution in [0.2, 0.25) is 0 Å². The van der Waals surface area contributed by atoms with E-state index in [0.29, 0.717) is 17.7 Å². The first kappa shape index (κ1) is 26.6. The van der Waals surface area contributed by atoms with Crippen LogP contribution in [0.1, 0.15) is 56.0 Å². The van der Waals surface area contributed by atoms with Crippen molar-refractivity contribution in [2.45, 2.75) is 63.5 Å². The van der Waals surface area contributed by atoms with Gasteiger partial charge in [-0.3, -0.25) is 14.8 Å². The van der Waals surface area contributed by atoms with Gasteiger partial charge in [0.1, 0.15) is 5.75 Å². The summed E-state index contributed by atoms with van der Waals surface area (Å²) in [5, 5.41) is 10.7. The maximum Gasteiger partial charge on any atom is 0.416 e. The Hall–Kier alpha value is -3.47. The van der Waals surface area contributed by atoms with Crippen LogP contribution in [0.5, 0.6) is 5.75 Å². The topological polar surface area (TPSA) is 68.2 Å². The van der Waals surface area contributed by atoms with Crippen LogP contribution >= 0.6 is 0 Å². The van der Waals surface area contributed by atoms with Crippen molar-refractivity contribution in [3.8, 4) is 5.75 Å². The highest BCUT2D eigenvalue weighted by atomic mass is 19.4. The van der Waals surface area contributed by atoms with Crippen LogP contribution in [0.4, 0.5) is 27.6 Å². The predicted molar refractivity (Wildman–Crippen MR) is 127 cm³/mol. The highest BCUT2D eigenvalue weighted by molar-refractivity contribution is 5.95. The van der Waals surface area contributed by atoms with Crippen molar-refractivity contribution in [1.82, 2.24) is 15.1 Å². The molecule has 0 saturated carbocycles. The quantitative estimate of drug-likeness (QED) is 0.385. The van der Waals surface area contributed by atoms with Crippen LogP contribution in [0.15, 0.2) is 60.8 Å². The maximum absolute atomic E-state index is 13.1. The zero-order valence-corrected chi connectivity index (χ0v) is 20.4. The molecule has 1 aromatic heterocycles. The molecule has 37 heavy (non-hydrogen) atoms. The van der Waals surface area contributed by atoms with E-state index in [1.54, 1.807) is 0 Å². The third-order valence-corrected chi connectivity index (χ3v) is 6.21. The van der Waals surface area contributed by atoms with E-state index in [-0.39, 0.29) is 23.1 Å². The van der Waals surface area contributed by atoms with Gasteiger partial charge in [-0.15, -0.1) is 0 Å². The Labute approximate surface area is 210 Å². The zero-order valence-electron chi connectivity index (χ0n) is 20.4. The van der Waals surface area contributed by atoms with E-state index >= 15 is 0 Å². The third kappa shape index (κ3) is 6.27. The SMILES string of the molecule is CC(C)(C)n1ccc(C2C[C@@H](C(=O)Nc3ccc(OC(F)F)cc3)N[C@H]2c2ccc(C(F)(F)F)cc2)n1. The van der Waals surface area contributed by atoms with Crippen LogP contribution in [0.25, 0.3) is 0 Å². The molecule has 0 spiro atoms. The highest BCUT2D eigenvalue weighted by Gasteiger charge is 2.41. The third-order valence-electron chi connectivity index (χ3n) is 6.21. The summed E-state index contributed by atoms with van der Waals surface area (Å²) in [4.78, 5) is 13.1. The summed E-state index contributed by atoms with van der Waals surface area (Å²) < 4.78 is 70.1. The molecule has 11 heteroatoms. The summed E-state index contributed by atoms with van der Waals surface area (Å²) in [7, 11) is 0. The van der Waals surface area contributed by atoms with Gasteiger partial charge in [0.15, 0.2) is 0 Å². The molecule has 198 valence electrons. The summed E-state index contributed by atoms with van der Waals surface area (Å²) >= 11 is 0. The molecule has 3 aromatic rings. The fourth-order valence-electron chi connectivity index (χ4n) is 4.33. The standard InChI is InChI=1S/C26H27F5N4O2/c1-25(2,3)35-13-12-20(34-35)19-14-21(23(36)32-17-8-10-18(11-9-17)37-24(27)28)33-22(19)15-4-6-16(7-5-15)26(29,30)31/h4-13,19,21-22,24,33H,14H2,1-3H3,(H,32,36)/t19?,21-,22-/m0/s1. The van der Waals surface area contributed by atoms with Crippen LogP contribution in [-0.2, 0) is 16.5 Å². The van der Waals surface area contributed by atoms with Gasteiger partial charge in [-0.1, -0.05) is 12.1 Å². The molecule has 0 radical (unpaired) electrons. The van der Waals surface area contributed by atoms with E-state index < -0.39 is 30.4 Å². The molecule has 1 unspecified atom stereocenters. The van der Waals surface area contributed by atoms with Gasteiger partial charge >= 0.3 is 12.8 Å². The Balaban J connectivity index is 1.56. The second-order valence-corrected chi connectivity index (χ2v) is 9.91. The van der Waals surface area contributed by atoms with Crippen molar-refractivity contribution in [2.75, 3.05) is 5.32 Å². The molecule has 1 fully saturated rings. The molecule has 1 aliphatic heterocycles. The second kappa shape index (κ2) is 10.1. The molecule has 0 bridgehead atoms.